The number of unbranched alkanes of at least 4 members (excludes halogenated alkanes) is 1. The number of allylic oxidation sites excluding steroid dienone is 2. The summed E-state index contributed by atoms with van der Waals surface area (Å²) in [5.41, 5.74) is 1.97. The SMILES string of the molecule is CC(=O)CCC=CCCCC(=O)c1ccc(C)cc1. The predicted molar refractivity (Wildman–Crippen MR) is 78.4 cm³/mol. The largest absolute Gasteiger partial charge is 0.300 e. The van der Waals surface area contributed by atoms with Gasteiger partial charge in [0.25, 0.3) is 0 Å². The molecule has 0 amide bonds. The van der Waals surface area contributed by atoms with Gasteiger partial charge in [-0.1, -0.05) is 42.0 Å². The van der Waals surface area contributed by atoms with Crippen molar-refractivity contribution in [3.05, 3.63) is 47.5 Å². The summed E-state index contributed by atoms with van der Waals surface area (Å²) < 4.78 is 0. The maximum absolute atomic E-state index is 11.9. The predicted octanol–water partition coefficient (Wildman–Crippen LogP) is 4.27. The van der Waals surface area contributed by atoms with Gasteiger partial charge in [0.1, 0.15) is 5.78 Å². The van der Waals surface area contributed by atoms with Crippen LogP contribution in [0, 0.1) is 6.92 Å². The van der Waals surface area contributed by atoms with E-state index in [0.29, 0.717) is 12.8 Å². The maximum atomic E-state index is 11.9. The molecule has 2 nitrogen and oxygen atoms in total. The molecule has 0 saturated heterocycles. The van der Waals surface area contributed by atoms with Gasteiger partial charge in [0, 0.05) is 18.4 Å². The van der Waals surface area contributed by atoms with E-state index in [9.17, 15) is 9.59 Å². The molecule has 2 heteroatoms. The Kier molecular flexibility index (Phi) is 6.80. The first kappa shape index (κ1) is 15.4. The van der Waals surface area contributed by atoms with Gasteiger partial charge in [0.2, 0.25) is 0 Å². The molecule has 0 aromatic heterocycles. The molecule has 0 N–H and O–H groups in total. The molecular weight excluding hydrogens is 236 g/mol. The Hall–Kier alpha value is -1.70. The molecule has 102 valence electrons. The number of hydrogen-bond donors (Lipinski definition) is 0. The van der Waals surface area contributed by atoms with Crippen molar-refractivity contribution in [3.63, 3.8) is 0 Å². The highest BCUT2D eigenvalue weighted by molar-refractivity contribution is 5.96. The van der Waals surface area contributed by atoms with E-state index < -0.39 is 0 Å². The summed E-state index contributed by atoms with van der Waals surface area (Å²) >= 11 is 0. The van der Waals surface area contributed by atoms with Gasteiger partial charge in [-0.2, -0.15) is 0 Å². The Bertz CT molecular complexity index is 441. The van der Waals surface area contributed by atoms with Crippen LogP contribution in [0.25, 0.3) is 0 Å². The monoisotopic (exact) mass is 258 g/mol. The lowest BCUT2D eigenvalue weighted by molar-refractivity contribution is -0.116. The number of ketones is 2. The van der Waals surface area contributed by atoms with Gasteiger partial charge in [-0.3, -0.25) is 4.79 Å². The van der Waals surface area contributed by atoms with Crippen molar-refractivity contribution in [2.45, 2.75) is 46.0 Å². The average molecular weight is 258 g/mol. The fourth-order valence-corrected chi connectivity index (χ4v) is 1.79. The first-order valence-corrected chi connectivity index (χ1v) is 6.84. The third-order valence-corrected chi connectivity index (χ3v) is 2.98. The zero-order chi connectivity index (χ0) is 14.1. The molecule has 0 spiro atoms. The van der Waals surface area contributed by atoms with Crippen LogP contribution in [0.2, 0.25) is 0 Å². The molecule has 0 atom stereocenters. The van der Waals surface area contributed by atoms with Crippen LogP contribution in [-0.2, 0) is 4.79 Å². The van der Waals surface area contributed by atoms with Gasteiger partial charge < -0.3 is 4.79 Å². The van der Waals surface area contributed by atoms with Crippen molar-refractivity contribution < 1.29 is 9.59 Å². The van der Waals surface area contributed by atoms with Crippen molar-refractivity contribution in [2.75, 3.05) is 0 Å². The van der Waals surface area contributed by atoms with Crippen LogP contribution in [0.15, 0.2) is 36.4 Å². The number of benzene rings is 1. The van der Waals surface area contributed by atoms with Gasteiger partial charge in [-0.25, -0.2) is 0 Å². The van der Waals surface area contributed by atoms with Gasteiger partial charge in [0.15, 0.2) is 5.78 Å². The molecule has 0 bridgehead atoms. The van der Waals surface area contributed by atoms with Crippen LogP contribution >= 0.6 is 0 Å². The van der Waals surface area contributed by atoms with E-state index in [-0.39, 0.29) is 11.6 Å². The highest BCUT2D eigenvalue weighted by atomic mass is 16.1. The molecule has 0 aliphatic heterocycles. The minimum absolute atomic E-state index is 0.206. The van der Waals surface area contributed by atoms with E-state index in [0.717, 1.165) is 24.8 Å². The summed E-state index contributed by atoms with van der Waals surface area (Å²) in [5.74, 6) is 0.427. The molecule has 19 heavy (non-hydrogen) atoms. The van der Waals surface area contributed by atoms with E-state index in [1.54, 1.807) is 6.92 Å². The summed E-state index contributed by atoms with van der Waals surface area (Å²) in [6, 6.07) is 7.71. The zero-order valence-electron chi connectivity index (χ0n) is 11.8. The Morgan fingerprint density at radius 2 is 1.63 bits per heavy atom. The van der Waals surface area contributed by atoms with Crippen molar-refractivity contribution in [2.24, 2.45) is 0 Å². The number of carbonyl (C=O) groups excluding carboxylic acids is 2. The molecule has 0 aliphatic rings. The van der Waals surface area contributed by atoms with Crippen LogP contribution in [0.1, 0.15) is 54.9 Å². The average Bonchev–Trinajstić information content (AvgIpc) is 2.38. The summed E-state index contributed by atoms with van der Waals surface area (Å²) in [5, 5.41) is 0. The minimum atomic E-state index is 0.206. The van der Waals surface area contributed by atoms with E-state index in [2.05, 4.69) is 6.08 Å². The number of Topliss-reactive ketones (excluding diaryl/α,β-unsaturated/α-hetero) is 2. The summed E-state index contributed by atoms with van der Waals surface area (Å²) in [6.07, 6.45) is 7.85. The fourth-order valence-electron chi connectivity index (χ4n) is 1.79. The Labute approximate surface area is 115 Å². The second kappa shape index (κ2) is 8.41. The third-order valence-electron chi connectivity index (χ3n) is 2.98. The van der Waals surface area contributed by atoms with Crippen molar-refractivity contribution >= 4 is 11.6 Å². The second-order valence-electron chi connectivity index (χ2n) is 4.89. The lowest BCUT2D eigenvalue weighted by Crippen LogP contribution is -1.98. The first-order valence-electron chi connectivity index (χ1n) is 6.84. The van der Waals surface area contributed by atoms with Gasteiger partial charge in [-0.15, -0.1) is 0 Å². The maximum Gasteiger partial charge on any atom is 0.162 e. The molecule has 1 rings (SSSR count). The third kappa shape index (κ3) is 6.70. The zero-order valence-corrected chi connectivity index (χ0v) is 11.8. The van der Waals surface area contributed by atoms with E-state index >= 15 is 0 Å². The molecule has 0 saturated carbocycles. The van der Waals surface area contributed by atoms with E-state index in [1.807, 2.05) is 37.3 Å². The minimum Gasteiger partial charge on any atom is -0.300 e. The standard InChI is InChI=1S/C17H22O2/c1-14-10-12-16(13-11-14)17(19)9-7-5-3-4-6-8-15(2)18/h3-4,10-13H,5-9H2,1-2H3. The van der Waals surface area contributed by atoms with Crippen molar-refractivity contribution in [1.82, 2.24) is 0 Å². The van der Waals surface area contributed by atoms with Gasteiger partial charge >= 0.3 is 0 Å². The van der Waals surface area contributed by atoms with E-state index in [4.69, 9.17) is 0 Å². The summed E-state index contributed by atoms with van der Waals surface area (Å²) in [7, 11) is 0. The van der Waals surface area contributed by atoms with Gasteiger partial charge in [-0.05, 0) is 33.1 Å². The van der Waals surface area contributed by atoms with Crippen LogP contribution < -0.4 is 0 Å². The molecule has 0 aliphatic carbocycles. The highest BCUT2D eigenvalue weighted by Gasteiger charge is 2.03. The van der Waals surface area contributed by atoms with Crippen molar-refractivity contribution in [1.29, 1.82) is 0 Å². The Morgan fingerprint density at radius 1 is 1.00 bits per heavy atom. The normalized spacial score (nSPS) is 10.8. The molecular formula is C17H22O2. The highest BCUT2D eigenvalue weighted by Crippen LogP contribution is 2.09. The van der Waals surface area contributed by atoms with Crippen LogP contribution in [0.3, 0.4) is 0 Å². The number of carbonyl (C=O) groups is 2. The van der Waals surface area contributed by atoms with E-state index in [1.165, 1.54) is 5.56 Å². The molecule has 0 radical (unpaired) electrons. The van der Waals surface area contributed by atoms with Crippen LogP contribution in [-0.4, -0.2) is 11.6 Å². The molecule has 0 heterocycles. The van der Waals surface area contributed by atoms with Gasteiger partial charge in [0.05, 0.1) is 0 Å². The van der Waals surface area contributed by atoms with Crippen molar-refractivity contribution in [3.8, 4) is 0 Å². The Morgan fingerprint density at radius 3 is 2.26 bits per heavy atom. The number of aryl methyl sites for hydroxylation is 1. The number of rotatable bonds is 8. The molecule has 0 fully saturated rings. The Balaban J connectivity index is 2.20. The molecule has 1 aromatic rings. The van der Waals surface area contributed by atoms with Crippen LogP contribution in [0.5, 0.6) is 0 Å². The second-order valence-corrected chi connectivity index (χ2v) is 4.89. The molecule has 0 unspecified atom stereocenters. The summed E-state index contributed by atoms with van der Waals surface area (Å²) in [4.78, 5) is 22.6. The number of hydrogen-bond acceptors (Lipinski definition) is 2. The topological polar surface area (TPSA) is 34.1 Å². The summed E-state index contributed by atoms with van der Waals surface area (Å²) in [6.45, 7) is 3.62. The first-order chi connectivity index (χ1) is 9.09. The quantitative estimate of drug-likeness (QED) is 0.396. The smallest absolute Gasteiger partial charge is 0.162 e. The fraction of sp³-hybridized carbons (Fsp3) is 0.412. The van der Waals surface area contributed by atoms with Crippen LogP contribution in [0.4, 0.5) is 0 Å². The lowest BCUT2D eigenvalue weighted by Gasteiger charge is -2.00. The lowest BCUT2D eigenvalue weighted by atomic mass is 10.0. The molecule has 1 aromatic carbocycles.